The average Bonchev–Trinajstić information content (AvgIpc) is 2.46. The maximum absolute atomic E-state index is 12.6. The van der Waals surface area contributed by atoms with Gasteiger partial charge in [0.15, 0.2) is 14.9 Å². The van der Waals surface area contributed by atoms with E-state index in [1.54, 1.807) is 33.8 Å². The number of aryl methyl sites for hydroxylation is 1. The molecule has 0 spiro atoms. The van der Waals surface area contributed by atoms with E-state index in [0.29, 0.717) is 18.7 Å². The van der Waals surface area contributed by atoms with Gasteiger partial charge >= 0.3 is 6.09 Å². The molecule has 2 heterocycles. The fraction of sp³-hybridized carbons (Fsp3) is 0.688. The molecule has 24 heavy (non-hydrogen) atoms. The summed E-state index contributed by atoms with van der Waals surface area (Å²) in [6.07, 6.45) is 1.91. The Morgan fingerprint density at radius 1 is 1.29 bits per heavy atom. The van der Waals surface area contributed by atoms with Crippen molar-refractivity contribution < 1.29 is 17.9 Å². The molecule has 1 fully saturated rings. The van der Waals surface area contributed by atoms with Gasteiger partial charge in [-0.2, -0.15) is 5.10 Å². The predicted octanol–water partition coefficient (Wildman–Crippen LogP) is 2.35. The molecule has 0 saturated carbocycles. The molecule has 0 unspecified atom stereocenters. The van der Waals surface area contributed by atoms with E-state index in [0.717, 1.165) is 12.8 Å². The number of piperidine rings is 1. The second-order valence-electron chi connectivity index (χ2n) is 7.12. The zero-order valence-electron chi connectivity index (χ0n) is 14.7. The third-order valence-corrected chi connectivity index (χ3v) is 5.44. The van der Waals surface area contributed by atoms with Gasteiger partial charge in [-0.05, 0) is 59.1 Å². The molecule has 134 valence electrons. The zero-order valence-corrected chi connectivity index (χ0v) is 15.5. The van der Waals surface area contributed by atoms with Gasteiger partial charge in [0, 0.05) is 12.6 Å². The van der Waals surface area contributed by atoms with Crippen molar-refractivity contribution in [3.05, 3.63) is 17.8 Å². The number of carbonyl (C=O) groups is 1. The van der Waals surface area contributed by atoms with Gasteiger partial charge in [-0.3, -0.25) is 0 Å². The molecule has 1 aliphatic heterocycles. The van der Waals surface area contributed by atoms with E-state index in [1.807, 2.05) is 0 Å². The molecule has 0 radical (unpaired) electrons. The van der Waals surface area contributed by atoms with Crippen LogP contribution in [0.2, 0.25) is 0 Å². The highest BCUT2D eigenvalue weighted by Crippen LogP contribution is 2.23. The average molecular weight is 355 g/mol. The van der Waals surface area contributed by atoms with Gasteiger partial charge in [0.1, 0.15) is 5.60 Å². The maximum atomic E-state index is 12.6. The summed E-state index contributed by atoms with van der Waals surface area (Å²) in [6.45, 7) is 7.64. The number of amides is 1. The van der Waals surface area contributed by atoms with Crippen LogP contribution in [0.5, 0.6) is 0 Å². The molecule has 1 amide bonds. The third kappa shape index (κ3) is 4.90. The number of likely N-dealkylation sites (tertiary alicyclic amines) is 1. The Balaban J connectivity index is 2.15. The molecule has 1 aromatic rings. The summed E-state index contributed by atoms with van der Waals surface area (Å²) in [5.41, 5.74) is 0.0439. The number of nitrogens with zero attached hydrogens (tertiary/aromatic N) is 3. The minimum absolute atomic E-state index is 0.0530. The Morgan fingerprint density at radius 3 is 2.58 bits per heavy atom. The molecule has 7 nitrogen and oxygen atoms in total. The first kappa shape index (κ1) is 18.6. The summed E-state index contributed by atoms with van der Waals surface area (Å²) in [4.78, 5) is 13.9. The number of aromatic nitrogens is 2. The van der Waals surface area contributed by atoms with Crippen molar-refractivity contribution in [2.24, 2.45) is 0 Å². The Kier molecular flexibility index (Phi) is 5.47. The topological polar surface area (TPSA) is 89.5 Å². The van der Waals surface area contributed by atoms with Crippen molar-refractivity contribution in [1.82, 2.24) is 15.1 Å². The number of sulfone groups is 1. The molecule has 0 N–H and O–H groups in total. The molecule has 8 heteroatoms. The summed E-state index contributed by atoms with van der Waals surface area (Å²) in [5.74, 6) is -0.163. The summed E-state index contributed by atoms with van der Waals surface area (Å²) < 4.78 is 30.6. The van der Waals surface area contributed by atoms with Crippen LogP contribution in [0, 0.1) is 6.92 Å². The maximum Gasteiger partial charge on any atom is 0.410 e. The lowest BCUT2D eigenvalue weighted by atomic mass is 10.0. The molecule has 1 aromatic heterocycles. The van der Waals surface area contributed by atoms with Gasteiger partial charge in [-0.15, -0.1) is 5.10 Å². The fourth-order valence-corrected chi connectivity index (χ4v) is 4.09. The van der Waals surface area contributed by atoms with Crippen molar-refractivity contribution in [2.75, 3.05) is 12.3 Å². The lowest BCUT2D eigenvalue weighted by Gasteiger charge is -2.36. The van der Waals surface area contributed by atoms with E-state index < -0.39 is 27.6 Å². The third-order valence-electron chi connectivity index (χ3n) is 3.76. The smallest absolute Gasteiger partial charge is 0.410 e. The van der Waals surface area contributed by atoms with E-state index in [9.17, 15) is 13.2 Å². The van der Waals surface area contributed by atoms with Crippen LogP contribution in [0.4, 0.5) is 4.79 Å². The second-order valence-corrected chi connectivity index (χ2v) is 9.10. The highest BCUT2D eigenvalue weighted by atomic mass is 32.2. The molecule has 0 aromatic carbocycles. The van der Waals surface area contributed by atoms with Gasteiger partial charge in [-0.1, -0.05) is 0 Å². The first-order valence-corrected chi connectivity index (χ1v) is 9.76. The van der Waals surface area contributed by atoms with Gasteiger partial charge in [-0.25, -0.2) is 13.2 Å². The number of rotatable bonds is 3. The van der Waals surface area contributed by atoms with Gasteiger partial charge in [0.05, 0.1) is 11.4 Å². The van der Waals surface area contributed by atoms with Crippen LogP contribution in [0.15, 0.2) is 17.2 Å². The van der Waals surface area contributed by atoms with Crippen LogP contribution in [0.25, 0.3) is 0 Å². The summed E-state index contributed by atoms with van der Waals surface area (Å²) in [6, 6.07) is 2.67. The van der Waals surface area contributed by atoms with E-state index in [4.69, 9.17) is 4.74 Å². The number of carbonyl (C=O) groups excluding carboxylic acids is 1. The van der Waals surface area contributed by atoms with Crippen molar-refractivity contribution in [3.63, 3.8) is 0 Å². The largest absolute Gasteiger partial charge is 0.444 e. The van der Waals surface area contributed by atoms with Crippen LogP contribution in [0.1, 0.15) is 45.7 Å². The Hall–Kier alpha value is -1.70. The van der Waals surface area contributed by atoms with E-state index >= 15 is 0 Å². The fourth-order valence-electron chi connectivity index (χ4n) is 2.63. The van der Waals surface area contributed by atoms with Crippen molar-refractivity contribution >= 4 is 15.9 Å². The zero-order chi connectivity index (χ0) is 18.0. The van der Waals surface area contributed by atoms with Gasteiger partial charge in [0.25, 0.3) is 0 Å². The lowest BCUT2D eigenvalue weighted by Crippen LogP contribution is -2.49. The predicted molar refractivity (Wildman–Crippen MR) is 89.4 cm³/mol. The molecule has 1 aliphatic rings. The molecule has 0 bridgehead atoms. The SMILES string of the molecule is Cc1ccc(S(=O)(=O)C[C@H]2CCCCN2C(=O)OC(C)(C)C)nn1. The molecular weight excluding hydrogens is 330 g/mol. The molecule has 1 saturated heterocycles. The standard InChI is InChI=1S/C16H25N3O4S/c1-12-8-9-14(18-17-12)24(21,22)11-13-7-5-6-10-19(13)15(20)23-16(2,3)4/h8-9,13H,5-7,10-11H2,1-4H3/t13-/m1/s1. The molecule has 0 aliphatic carbocycles. The molecule has 2 rings (SSSR count). The number of hydrogen-bond donors (Lipinski definition) is 0. The van der Waals surface area contributed by atoms with Crippen molar-refractivity contribution in [2.45, 2.75) is 63.6 Å². The minimum Gasteiger partial charge on any atom is -0.444 e. The normalized spacial score (nSPS) is 19.2. The number of hydrogen-bond acceptors (Lipinski definition) is 6. The Bertz CT molecular complexity index is 680. The second kappa shape index (κ2) is 7.04. The first-order chi connectivity index (χ1) is 11.1. The van der Waals surface area contributed by atoms with E-state index in [1.165, 1.54) is 11.0 Å². The van der Waals surface area contributed by atoms with Crippen LogP contribution in [0.3, 0.4) is 0 Å². The van der Waals surface area contributed by atoms with Crippen LogP contribution >= 0.6 is 0 Å². The quantitative estimate of drug-likeness (QED) is 0.827. The van der Waals surface area contributed by atoms with Crippen LogP contribution < -0.4 is 0 Å². The monoisotopic (exact) mass is 355 g/mol. The highest BCUT2D eigenvalue weighted by Gasteiger charge is 2.34. The lowest BCUT2D eigenvalue weighted by molar-refractivity contribution is 0.0124. The Labute approximate surface area is 143 Å². The summed E-state index contributed by atoms with van der Waals surface area (Å²) in [7, 11) is -3.61. The summed E-state index contributed by atoms with van der Waals surface area (Å²) >= 11 is 0. The van der Waals surface area contributed by atoms with Crippen LogP contribution in [-0.4, -0.2) is 53.5 Å². The first-order valence-electron chi connectivity index (χ1n) is 8.11. The number of ether oxygens (including phenoxy) is 1. The van der Waals surface area contributed by atoms with Crippen molar-refractivity contribution in [3.8, 4) is 0 Å². The van der Waals surface area contributed by atoms with Gasteiger partial charge in [0.2, 0.25) is 0 Å². The van der Waals surface area contributed by atoms with Gasteiger partial charge < -0.3 is 9.64 Å². The van der Waals surface area contributed by atoms with Crippen LogP contribution in [-0.2, 0) is 14.6 Å². The minimum atomic E-state index is -3.61. The molecular formula is C16H25N3O4S. The van der Waals surface area contributed by atoms with Crippen molar-refractivity contribution in [1.29, 1.82) is 0 Å². The molecule has 1 atom stereocenters. The van der Waals surface area contributed by atoms with E-state index in [2.05, 4.69) is 10.2 Å². The summed E-state index contributed by atoms with van der Waals surface area (Å²) in [5, 5.41) is 7.53. The highest BCUT2D eigenvalue weighted by molar-refractivity contribution is 7.91. The van der Waals surface area contributed by atoms with E-state index in [-0.39, 0.29) is 10.8 Å². The Morgan fingerprint density at radius 2 is 2.00 bits per heavy atom.